The predicted molar refractivity (Wildman–Crippen MR) is 42.3 cm³/mol. The van der Waals surface area contributed by atoms with E-state index in [9.17, 15) is 0 Å². The van der Waals surface area contributed by atoms with Gasteiger partial charge in [-0.1, -0.05) is 6.07 Å². The third kappa shape index (κ3) is 1.67. The molecular formula is C7H6N2S. The standard InChI is InChI=1S/C7H6N2S/c8-5-10-7-3-1-2-6(9)4-7/h1-4H,9H2. The Labute approximate surface area is 63.7 Å². The van der Waals surface area contributed by atoms with Crippen molar-refractivity contribution in [2.24, 2.45) is 0 Å². The summed E-state index contributed by atoms with van der Waals surface area (Å²) >= 11 is 1.11. The van der Waals surface area contributed by atoms with E-state index in [0.29, 0.717) is 5.69 Å². The number of rotatable bonds is 1. The van der Waals surface area contributed by atoms with Gasteiger partial charge in [-0.2, -0.15) is 5.26 Å². The molecule has 0 spiro atoms. The van der Waals surface area contributed by atoms with E-state index >= 15 is 0 Å². The predicted octanol–water partition coefficient (Wildman–Crippen LogP) is 1.84. The van der Waals surface area contributed by atoms with Gasteiger partial charge in [-0.3, -0.25) is 0 Å². The molecule has 0 unspecified atom stereocenters. The lowest BCUT2D eigenvalue weighted by molar-refractivity contribution is 1.47. The number of thioether (sulfide) groups is 1. The lowest BCUT2D eigenvalue weighted by Gasteiger charge is -1.93. The fraction of sp³-hybridized carbons (Fsp3) is 0. The minimum atomic E-state index is 0.695. The van der Waals surface area contributed by atoms with Gasteiger partial charge < -0.3 is 5.73 Å². The molecule has 0 radical (unpaired) electrons. The summed E-state index contributed by atoms with van der Waals surface area (Å²) in [4.78, 5) is 0.891. The molecule has 0 saturated heterocycles. The molecule has 0 fully saturated rings. The fourth-order valence-electron chi connectivity index (χ4n) is 0.631. The van der Waals surface area contributed by atoms with E-state index in [0.717, 1.165) is 16.7 Å². The van der Waals surface area contributed by atoms with Gasteiger partial charge in [0.1, 0.15) is 5.40 Å². The van der Waals surface area contributed by atoms with Crippen LogP contribution in [0.5, 0.6) is 0 Å². The van der Waals surface area contributed by atoms with Crippen LogP contribution in [0.2, 0.25) is 0 Å². The average Bonchev–Trinajstić information content (AvgIpc) is 1.88. The smallest absolute Gasteiger partial charge is 0.138 e. The summed E-state index contributed by atoms with van der Waals surface area (Å²) in [6.45, 7) is 0. The van der Waals surface area contributed by atoms with Gasteiger partial charge >= 0.3 is 0 Å². The van der Waals surface area contributed by atoms with Crippen LogP contribution in [0.25, 0.3) is 0 Å². The van der Waals surface area contributed by atoms with Crippen LogP contribution in [-0.4, -0.2) is 0 Å². The monoisotopic (exact) mass is 150 g/mol. The van der Waals surface area contributed by atoms with Crippen LogP contribution < -0.4 is 5.73 Å². The van der Waals surface area contributed by atoms with Crippen LogP contribution >= 0.6 is 11.8 Å². The number of nitrogen functional groups attached to an aromatic ring is 1. The number of anilines is 1. The molecule has 2 N–H and O–H groups in total. The van der Waals surface area contributed by atoms with Crippen molar-refractivity contribution in [3.63, 3.8) is 0 Å². The van der Waals surface area contributed by atoms with Gasteiger partial charge in [0.25, 0.3) is 0 Å². The van der Waals surface area contributed by atoms with Crippen molar-refractivity contribution < 1.29 is 0 Å². The number of hydrogen-bond donors (Lipinski definition) is 1. The van der Waals surface area contributed by atoms with E-state index in [1.165, 1.54) is 0 Å². The first-order valence-electron chi connectivity index (χ1n) is 2.74. The SMILES string of the molecule is N#CSc1cccc(N)c1. The Bertz CT molecular complexity index is 265. The van der Waals surface area contributed by atoms with Gasteiger partial charge in [-0.15, -0.1) is 0 Å². The molecule has 3 heteroatoms. The van der Waals surface area contributed by atoms with Gasteiger partial charge in [-0.05, 0) is 30.0 Å². The van der Waals surface area contributed by atoms with E-state index in [4.69, 9.17) is 11.0 Å². The molecule has 1 rings (SSSR count). The lowest BCUT2D eigenvalue weighted by Crippen LogP contribution is -1.82. The highest BCUT2D eigenvalue weighted by Crippen LogP contribution is 2.18. The number of nitrogens with zero attached hydrogens (tertiary/aromatic N) is 1. The van der Waals surface area contributed by atoms with E-state index in [2.05, 4.69) is 0 Å². The second-order valence-corrected chi connectivity index (χ2v) is 2.62. The maximum Gasteiger partial charge on any atom is 0.138 e. The van der Waals surface area contributed by atoms with Crippen LogP contribution in [0.1, 0.15) is 0 Å². The summed E-state index contributed by atoms with van der Waals surface area (Å²) in [5.41, 5.74) is 6.16. The van der Waals surface area contributed by atoms with E-state index in [-0.39, 0.29) is 0 Å². The minimum absolute atomic E-state index is 0.695. The highest BCUT2D eigenvalue weighted by molar-refractivity contribution is 8.03. The second-order valence-electron chi connectivity index (χ2n) is 1.77. The Kier molecular flexibility index (Phi) is 2.19. The lowest BCUT2D eigenvalue weighted by atomic mass is 10.3. The highest BCUT2D eigenvalue weighted by atomic mass is 32.2. The van der Waals surface area contributed by atoms with Crippen molar-refractivity contribution in [2.45, 2.75) is 4.90 Å². The summed E-state index contributed by atoms with van der Waals surface area (Å²) < 4.78 is 0. The summed E-state index contributed by atoms with van der Waals surface area (Å²) in [5, 5.41) is 10.3. The first-order valence-corrected chi connectivity index (χ1v) is 3.56. The topological polar surface area (TPSA) is 49.8 Å². The number of nitrogens with two attached hydrogens (primary N) is 1. The first kappa shape index (κ1) is 6.97. The van der Waals surface area contributed by atoms with E-state index in [1.807, 2.05) is 17.5 Å². The van der Waals surface area contributed by atoms with Crippen LogP contribution in [0.15, 0.2) is 29.2 Å². The summed E-state index contributed by atoms with van der Waals surface area (Å²) in [6, 6.07) is 7.24. The largest absolute Gasteiger partial charge is 0.399 e. The molecule has 0 bridgehead atoms. The molecule has 50 valence electrons. The van der Waals surface area contributed by atoms with Crippen molar-refractivity contribution in [3.8, 4) is 5.40 Å². The maximum atomic E-state index is 8.28. The zero-order valence-corrected chi connectivity index (χ0v) is 6.06. The Morgan fingerprint density at radius 2 is 2.30 bits per heavy atom. The molecule has 0 heterocycles. The van der Waals surface area contributed by atoms with Gasteiger partial charge in [0.05, 0.1) is 0 Å². The number of benzene rings is 1. The maximum absolute atomic E-state index is 8.28. The summed E-state index contributed by atoms with van der Waals surface area (Å²) in [7, 11) is 0. The van der Waals surface area contributed by atoms with Gasteiger partial charge in [-0.25, -0.2) is 0 Å². The molecule has 0 aromatic heterocycles. The molecule has 1 aromatic rings. The third-order valence-corrected chi connectivity index (χ3v) is 1.60. The van der Waals surface area contributed by atoms with Crippen LogP contribution in [0.3, 0.4) is 0 Å². The van der Waals surface area contributed by atoms with Crippen LogP contribution in [0, 0.1) is 10.7 Å². The first-order chi connectivity index (χ1) is 4.83. The number of thiocyanates is 1. The van der Waals surface area contributed by atoms with E-state index in [1.54, 1.807) is 12.1 Å². The van der Waals surface area contributed by atoms with Gasteiger partial charge in [0.2, 0.25) is 0 Å². The summed E-state index contributed by atoms with van der Waals surface area (Å²) in [5.74, 6) is 0. The van der Waals surface area contributed by atoms with Crippen molar-refractivity contribution in [1.29, 1.82) is 5.26 Å². The Morgan fingerprint density at radius 1 is 1.50 bits per heavy atom. The average molecular weight is 150 g/mol. The number of hydrogen-bond acceptors (Lipinski definition) is 3. The molecule has 0 aliphatic heterocycles. The third-order valence-electron chi connectivity index (χ3n) is 1.02. The Hall–Kier alpha value is -1.14. The molecule has 0 amide bonds. The zero-order valence-electron chi connectivity index (χ0n) is 5.24. The Morgan fingerprint density at radius 3 is 2.90 bits per heavy atom. The van der Waals surface area contributed by atoms with Gasteiger partial charge in [0, 0.05) is 10.6 Å². The second kappa shape index (κ2) is 3.14. The van der Waals surface area contributed by atoms with Gasteiger partial charge in [0.15, 0.2) is 0 Å². The minimum Gasteiger partial charge on any atom is -0.399 e. The zero-order chi connectivity index (χ0) is 7.40. The Balaban J connectivity index is 2.87. The normalized spacial score (nSPS) is 8.70. The summed E-state index contributed by atoms with van der Waals surface area (Å²) in [6.07, 6.45) is 0. The molecule has 0 aliphatic rings. The van der Waals surface area contributed by atoms with Crippen molar-refractivity contribution in [3.05, 3.63) is 24.3 Å². The van der Waals surface area contributed by atoms with Crippen LogP contribution in [0.4, 0.5) is 5.69 Å². The number of nitriles is 1. The molecule has 0 saturated carbocycles. The van der Waals surface area contributed by atoms with Crippen LogP contribution in [-0.2, 0) is 0 Å². The quantitative estimate of drug-likeness (QED) is 0.377. The molecular weight excluding hydrogens is 144 g/mol. The molecule has 1 aromatic carbocycles. The molecule has 0 atom stereocenters. The molecule has 10 heavy (non-hydrogen) atoms. The fourth-order valence-corrected chi connectivity index (χ4v) is 1.08. The van der Waals surface area contributed by atoms with Crippen molar-refractivity contribution in [2.75, 3.05) is 5.73 Å². The molecule has 2 nitrogen and oxygen atoms in total. The van der Waals surface area contributed by atoms with Crippen molar-refractivity contribution in [1.82, 2.24) is 0 Å². The van der Waals surface area contributed by atoms with Crippen molar-refractivity contribution >= 4 is 17.4 Å². The highest BCUT2D eigenvalue weighted by Gasteiger charge is 1.90. The molecule has 0 aliphatic carbocycles. The van der Waals surface area contributed by atoms with E-state index < -0.39 is 0 Å².